The molecule has 0 aliphatic heterocycles. The monoisotopic (exact) mass is 1610 g/mol. The number of fused-ring (bicyclic) bond motifs is 28. The maximum Gasteiger partial charge on any atom is 0.416 e. The van der Waals surface area contributed by atoms with E-state index in [1.165, 1.54) is 12.1 Å². The topological polar surface area (TPSA) is 135 Å². The number of aryl methyl sites for hydroxylation is 3. The Morgan fingerprint density at radius 3 is 1.04 bits per heavy atom. The van der Waals surface area contributed by atoms with E-state index in [-0.39, 0.29) is 33.4 Å². The summed E-state index contributed by atoms with van der Waals surface area (Å²) in [6, 6.07) is 103. The molecule has 16 aromatic carbocycles. The highest BCUT2D eigenvalue weighted by Crippen LogP contribution is 2.51. The van der Waals surface area contributed by atoms with Crippen LogP contribution in [0.1, 0.15) is 38.9 Å². The van der Waals surface area contributed by atoms with E-state index >= 15 is 26.3 Å². The van der Waals surface area contributed by atoms with E-state index in [1.54, 1.807) is 12.1 Å². The normalized spacial score (nSPS) is 12.4. The molecule has 0 atom stereocenters. The zero-order valence-electron chi connectivity index (χ0n) is 66.1. The molecule has 0 amide bonds. The summed E-state index contributed by atoms with van der Waals surface area (Å²) in [6.45, 7) is 0.369. The van der Waals surface area contributed by atoms with Gasteiger partial charge in [-0.2, -0.15) is 47.4 Å². The Balaban J connectivity index is 0.717. The number of halogens is 6. The number of aromatic nitrogens is 8. The fourth-order valence-corrected chi connectivity index (χ4v) is 20.8. The van der Waals surface area contributed by atoms with Crippen molar-refractivity contribution in [1.29, 1.82) is 21.0 Å². The highest BCUT2D eigenvalue weighted by atomic mass is 19.4. The van der Waals surface area contributed by atoms with Gasteiger partial charge in [0.2, 0.25) is 0 Å². The molecule has 0 unspecified atom stereocenters. The van der Waals surface area contributed by atoms with Gasteiger partial charge in [0.15, 0.2) is 0 Å². The van der Waals surface area contributed by atoms with Crippen LogP contribution in [-0.2, 0) is 40.0 Å². The summed E-state index contributed by atoms with van der Waals surface area (Å²) in [5.74, 6) is 0. The molecule has 0 saturated carbocycles. The SMILES string of the molecule is Cn1c2ccccc2c2c1ccc1c3ccccc3n(-c3cc(C#N)c(-n4c5ccccc5c5ccc6c(c7ccccc7n6Cc6ccc7c(c6)c6ccc8c9ccccc9n(-c9cc(-c%10cc(C#N)cc(C(F)(F)F)c%10)c(-n%10c%11ccccc%11c%11ccc%12c%13ccccc%13n(C)c%12c%11%10)cc9C#N)c8c6n7C)c54)cc3-c3cc(C#N)cc(C(F)(F)F)c3)c12. The van der Waals surface area contributed by atoms with Gasteiger partial charge in [-0.25, -0.2) is 0 Å². The first kappa shape index (κ1) is 71.6. The molecule has 0 aliphatic carbocycles. The number of rotatable bonds is 8. The highest BCUT2D eigenvalue weighted by molar-refractivity contribution is 6.30. The number of alkyl halides is 6. The fraction of sp³-hybridized carbons (Fsp3) is 0.0566. The first-order chi connectivity index (χ1) is 60.4. The van der Waals surface area contributed by atoms with E-state index in [0.717, 1.165) is 204 Å². The predicted molar refractivity (Wildman–Crippen MR) is 484 cm³/mol. The summed E-state index contributed by atoms with van der Waals surface area (Å²) in [7, 11) is 6.05. The van der Waals surface area contributed by atoms with Crippen LogP contribution >= 0.6 is 0 Å². The summed E-state index contributed by atoms with van der Waals surface area (Å²) in [5.41, 5.74) is 15.1. The van der Waals surface area contributed by atoms with Crippen LogP contribution in [0.4, 0.5) is 26.3 Å². The Kier molecular flexibility index (Phi) is 14.9. The van der Waals surface area contributed by atoms with Crippen molar-refractivity contribution < 1.29 is 26.3 Å². The molecular formula is C106H60F6N12. The van der Waals surface area contributed by atoms with Gasteiger partial charge >= 0.3 is 12.4 Å². The Labute approximate surface area is 699 Å². The van der Waals surface area contributed by atoms with Crippen molar-refractivity contribution in [2.24, 2.45) is 21.1 Å². The molecule has 8 aromatic heterocycles. The molecule has 586 valence electrons. The zero-order valence-corrected chi connectivity index (χ0v) is 66.1. The quantitative estimate of drug-likeness (QED) is 0.140. The molecule has 24 rings (SSSR count). The molecule has 24 aromatic rings. The number of nitrogens with zero attached hydrogens (tertiary/aromatic N) is 12. The van der Waals surface area contributed by atoms with Gasteiger partial charge in [0.1, 0.15) is 12.1 Å². The minimum absolute atomic E-state index is 0.126. The second-order valence-electron chi connectivity index (χ2n) is 32.3. The van der Waals surface area contributed by atoms with Crippen LogP contribution in [0.2, 0.25) is 0 Å². The Morgan fingerprint density at radius 1 is 0.258 bits per heavy atom. The van der Waals surface area contributed by atoms with Gasteiger partial charge in [-0.05, 0) is 144 Å². The van der Waals surface area contributed by atoms with Crippen molar-refractivity contribution in [2.75, 3.05) is 0 Å². The van der Waals surface area contributed by atoms with Crippen LogP contribution in [0, 0.1) is 45.3 Å². The van der Waals surface area contributed by atoms with Crippen LogP contribution in [0.25, 0.3) is 219 Å². The highest BCUT2D eigenvalue weighted by Gasteiger charge is 2.36. The Hall–Kier alpha value is -16.5. The van der Waals surface area contributed by atoms with Gasteiger partial charge < -0.3 is 36.5 Å². The van der Waals surface area contributed by atoms with Crippen molar-refractivity contribution in [3.63, 3.8) is 0 Å². The molecule has 18 heteroatoms. The van der Waals surface area contributed by atoms with Crippen LogP contribution in [0.15, 0.2) is 297 Å². The van der Waals surface area contributed by atoms with Crippen molar-refractivity contribution in [2.45, 2.75) is 18.9 Å². The first-order valence-corrected chi connectivity index (χ1v) is 40.5. The van der Waals surface area contributed by atoms with E-state index in [0.29, 0.717) is 40.4 Å². The number of hydrogen-bond acceptors (Lipinski definition) is 4. The van der Waals surface area contributed by atoms with Crippen molar-refractivity contribution >= 4 is 174 Å². The smallest absolute Gasteiger partial charge is 0.344 e. The summed E-state index contributed by atoms with van der Waals surface area (Å²) in [6.07, 6.45) is -9.67. The zero-order chi connectivity index (χ0) is 83.9. The molecule has 8 heterocycles. The molecule has 12 nitrogen and oxygen atoms in total. The van der Waals surface area contributed by atoms with Crippen LogP contribution < -0.4 is 0 Å². The fourth-order valence-electron chi connectivity index (χ4n) is 20.8. The standard InChI is InChI=1S/C106H60F6N12/c1-117-84-26-12-9-23-78(84)97-91(117)40-37-72-69-20-6-16-30-89(69)123(99(72)97)95-49-63(55-115)93(51-80(95)61-42-59(53-113)44-65(47-61)105(107,108)109)121-87-28-14-5-19-68(87)73-38-41-92-98(100(73)121)79-24-10-13-27-86(79)120(92)57-58-32-39-85-82(46-58)77-36-35-75-70-21-7-15-29-88(70)122(103(75)102(77)119(85)3)94-52-81(62-43-60(54-114)45-66(48-62)106(110,111)112)96(50-64(94)56-116)124-90-31-17-8-22-71(90)76-34-33-74-67-18-4-11-25-83(67)118(2)101(74)104(76)124/h4-52H,57H2,1-3H3. The minimum atomic E-state index is -4.84. The largest absolute Gasteiger partial charge is 0.416 e. The molecule has 0 saturated heterocycles. The van der Waals surface area contributed by atoms with E-state index < -0.39 is 23.5 Å². The molecule has 124 heavy (non-hydrogen) atoms. The minimum Gasteiger partial charge on any atom is -0.344 e. The Bertz CT molecular complexity index is 9190. The van der Waals surface area contributed by atoms with Gasteiger partial charge in [0, 0.05) is 147 Å². The van der Waals surface area contributed by atoms with Crippen molar-refractivity contribution in [1.82, 2.24) is 36.5 Å². The number of para-hydroxylation sites is 7. The average molecular weight is 1620 g/mol. The molecule has 0 spiro atoms. The van der Waals surface area contributed by atoms with Gasteiger partial charge in [-0.15, -0.1) is 0 Å². The van der Waals surface area contributed by atoms with Gasteiger partial charge in [-0.3, -0.25) is 0 Å². The number of benzene rings is 16. The van der Waals surface area contributed by atoms with E-state index in [4.69, 9.17) is 0 Å². The van der Waals surface area contributed by atoms with Crippen LogP contribution in [0.5, 0.6) is 0 Å². The van der Waals surface area contributed by atoms with E-state index in [9.17, 15) is 21.0 Å². The molecule has 0 bridgehead atoms. The lowest BCUT2D eigenvalue weighted by Crippen LogP contribution is -2.07. The third-order valence-corrected chi connectivity index (χ3v) is 26.0. The molecule has 0 radical (unpaired) electrons. The lowest BCUT2D eigenvalue weighted by atomic mass is 9.95. The van der Waals surface area contributed by atoms with E-state index in [1.807, 2.05) is 179 Å². The number of nitriles is 4. The molecular weight excluding hydrogens is 1560 g/mol. The van der Waals surface area contributed by atoms with Crippen molar-refractivity contribution in [3.8, 4) is 69.3 Å². The number of hydrogen-bond donors (Lipinski definition) is 0. The lowest BCUT2D eigenvalue weighted by molar-refractivity contribution is -0.138. The second kappa shape index (κ2) is 25.7. The summed E-state index contributed by atoms with van der Waals surface area (Å²) >= 11 is 0. The maximum atomic E-state index is 15.5. The molecule has 0 N–H and O–H groups in total. The summed E-state index contributed by atoms with van der Waals surface area (Å²) in [5, 5.41) is 59.7. The molecule has 0 fully saturated rings. The first-order valence-electron chi connectivity index (χ1n) is 40.5. The summed E-state index contributed by atoms with van der Waals surface area (Å²) in [4.78, 5) is 0. The third-order valence-electron chi connectivity index (χ3n) is 26.0. The Morgan fingerprint density at radius 2 is 0.589 bits per heavy atom. The van der Waals surface area contributed by atoms with Crippen molar-refractivity contribution in [3.05, 3.63) is 336 Å². The average Bonchev–Trinajstić information content (AvgIpc) is 1.55. The van der Waals surface area contributed by atoms with Crippen LogP contribution in [-0.4, -0.2) is 36.5 Å². The summed E-state index contributed by atoms with van der Waals surface area (Å²) < 4.78 is 110. The molecule has 0 aliphatic rings. The van der Waals surface area contributed by atoms with Gasteiger partial charge in [-0.1, -0.05) is 170 Å². The van der Waals surface area contributed by atoms with Crippen LogP contribution in [0.3, 0.4) is 0 Å². The van der Waals surface area contributed by atoms with Gasteiger partial charge in [0.05, 0.1) is 134 Å². The lowest BCUT2D eigenvalue weighted by Gasteiger charge is -2.20. The van der Waals surface area contributed by atoms with E-state index in [2.05, 4.69) is 152 Å². The van der Waals surface area contributed by atoms with Gasteiger partial charge in [0.25, 0.3) is 0 Å². The third kappa shape index (κ3) is 9.87. The predicted octanol–water partition coefficient (Wildman–Crippen LogP) is 27.0. The second-order valence-corrected chi connectivity index (χ2v) is 32.3. The maximum absolute atomic E-state index is 15.5.